The van der Waals surface area contributed by atoms with E-state index < -0.39 is 0 Å². The minimum Gasteiger partial charge on any atom is -0.249 e. The van der Waals surface area contributed by atoms with Gasteiger partial charge in [0.25, 0.3) is 0 Å². The molecule has 0 aliphatic heterocycles. The Morgan fingerprint density at radius 3 is 2.69 bits per heavy atom. The summed E-state index contributed by atoms with van der Waals surface area (Å²) in [4.78, 5) is 0. The van der Waals surface area contributed by atoms with E-state index in [1.54, 1.807) is 0 Å². The number of alkyl halides is 1. The second-order valence-corrected chi connectivity index (χ2v) is 4.89. The van der Waals surface area contributed by atoms with Crippen LogP contribution in [0.15, 0.2) is 0 Å². The van der Waals surface area contributed by atoms with E-state index in [2.05, 4.69) is 31.1 Å². The molecule has 0 aliphatic rings. The normalized spacial score (nSPS) is 11.3. The zero-order valence-electron chi connectivity index (χ0n) is 10.5. The van der Waals surface area contributed by atoms with Crippen molar-refractivity contribution in [2.24, 2.45) is 5.92 Å². The number of unbranched alkanes of at least 4 members (excludes halogenated alkanes) is 1. The van der Waals surface area contributed by atoms with Crippen LogP contribution in [0, 0.1) is 5.92 Å². The van der Waals surface area contributed by atoms with Crippen LogP contribution in [0.1, 0.15) is 51.4 Å². The highest BCUT2D eigenvalue weighted by Gasteiger charge is 2.11. The molecule has 0 radical (unpaired) electrons. The highest BCUT2D eigenvalue weighted by Crippen LogP contribution is 2.14. The van der Waals surface area contributed by atoms with Crippen LogP contribution in [0.25, 0.3) is 0 Å². The molecular formula is C12H22ClN3. The van der Waals surface area contributed by atoms with Crippen molar-refractivity contribution < 1.29 is 0 Å². The van der Waals surface area contributed by atoms with Crippen molar-refractivity contribution in [2.45, 2.75) is 58.9 Å². The fourth-order valence-electron chi connectivity index (χ4n) is 1.66. The van der Waals surface area contributed by atoms with Gasteiger partial charge < -0.3 is 0 Å². The van der Waals surface area contributed by atoms with Crippen molar-refractivity contribution in [3.8, 4) is 0 Å². The van der Waals surface area contributed by atoms with E-state index in [4.69, 9.17) is 11.6 Å². The lowest BCUT2D eigenvalue weighted by Crippen LogP contribution is -2.07. The first-order valence-electron chi connectivity index (χ1n) is 6.16. The molecule has 0 fully saturated rings. The Labute approximate surface area is 103 Å². The van der Waals surface area contributed by atoms with Gasteiger partial charge in [-0.25, -0.2) is 4.68 Å². The van der Waals surface area contributed by atoms with Gasteiger partial charge in [-0.2, -0.15) is 0 Å². The lowest BCUT2D eigenvalue weighted by molar-refractivity contribution is 0.509. The van der Waals surface area contributed by atoms with E-state index in [0.717, 1.165) is 25.1 Å². The number of halogens is 1. The summed E-state index contributed by atoms with van der Waals surface area (Å²) in [6, 6.07) is 0. The van der Waals surface area contributed by atoms with Crippen LogP contribution in [0.4, 0.5) is 0 Å². The zero-order valence-corrected chi connectivity index (χ0v) is 11.3. The number of hydrogen-bond acceptors (Lipinski definition) is 2. The van der Waals surface area contributed by atoms with Gasteiger partial charge in [-0.1, -0.05) is 32.4 Å². The van der Waals surface area contributed by atoms with E-state index in [9.17, 15) is 0 Å². The maximum absolute atomic E-state index is 5.88. The van der Waals surface area contributed by atoms with E-state index in [-0.39, 0.29) is 0 Å². The maximum atomic E-state index is 5.88. The van der Waals surface area contributed by atoms with Gasteiger partial charge in [-0.15, -0.1) is 16.7 Å². The molecular weight excluding hydrogens is 222 g/mol. The molecule has 1 heterocycles. The summed E-state index contributed by atoms with van der Waals surface area (Å²) in [6.07, 6.45) is 4.54. The van der Waals surface area contributed by atoms with E-state index in [0.29, 0.717) is 11.8 Å². The average Bonchev–Trinajstić information content (AvgIpc) is 2.65. The predicted molar refractivity (Wildman–Crippen MR) is 67.6 cm³/mol. The minimum atomic E-state index is 0.472. The highest BCUT2D eigenvalue weighted by atomic mass is 35.5. The summed E-state index contributed by atoms with van der Waals surface area (Å²) in [5, 5.41) is 8.33. The van der Waals surface area contributed by atoms with Gasteiger partial charge in [0.15, 0.2) is 0 Å². The summed E-state index contributed by atoms with van der Waals surface area (Å²) in [5.74, 6) is 1.18. The molecule has 0 saturated carbocycles. The first-order valence-corrected chi connectivity index (χ1v) is 6.69. The van der Waals surface area contributed by atoms with Gasteiger partial charge >= 0.3 is 0 Å². The average molecular weight is 244 g/mol. The molecule has 0 saturated heterocycles. The van der Waals surface area contributed by atoms with Gasteiger partial charge in [-0.05, 0) is 25.2 Å². The first kappa shape index (κ1) is 13.5. The Morgan fingerprint density at radius 1 is 1.38 bits per heavy atom. The SMILES string of the molecule is CCCCn1nnc(CCl)c1CCC(C)C. The van der Waals surface area contributed by atoms with Crippen LogP contribution >= 0.6 is 11.6 Å². The molecule has 0 aliphatic carbocycles. The van der Waals surface area contributed by atoms with Gasteiger partial charge in [0.2, 0.25) is 0 Å². The molecule has 92 valence electrons. The van der Waals surface area contributed by atoms with Gasteiger partial charge in [0, 0.05) is 6.54 Å². The fraction of sp³-hybridized carbons (Fsp3) is 0.833. The molecule has 1 rings (SSSR count). The quantitative estimate of drug-likeness (QED) is 0.688. The van der Waals surface area contributed by atoms with Gasteiger partial charge in [-0.3, -0.25) is 0 Å². The summed E-state index contributed by atoms with van der Waals surface area (Å²) in [6.45, 7) is 7.63. The molecule has 0 atom stereocenters. The molecule has 0 N–H and O–H groups in total. The second-order valence-electron chi connectivity index (χ2n) is 4.63. The molecule has 0 aromatic carbocycles. The topological polar surface area (TPSA) is 30.7 Å². The van der Waals surface area contributed by atoms with Crippen molar-refractivity contribution in [3.63, 3.8) is 0 Å². The lowest BCUT2D eigenvalue weighted by atomic mass is 10.1. The third kappa shape index (κ3) is 3.78. The van der Waals surface area contributed by atoms with Crippen LogP contribution in [0.2, 0.25) is 0 Å². The summed E-state index contributed by atoms with van der Waals surface area (Å²) in [7, 11) is 0. The van der Waals surface area contributed by atoms with Crippen molar-refractivity contribution in [2.75, 3.05) is 0 Å². The monoisotopic (exact) mass is 243 g/mol. The molecule has 0 bridgehead atoms. The molecule has 0 amide bonds. The molecule has 1 aromatic heterocycles. The van der Waals surface area contributed by atoms with E-state index in [1.807, 2.05) is 4.68 Å². The number of hydrogen-bond donors (Lipinski definition) is 0. The Balaban J connectivity index is 2.71. The molecule has 1 aromatic rings. The lowest BCUT2D eigenvalue weighted by Gasteiger charge is -2.08. The smallest absolute Gasteiger partial charge is 0.101 e. The number of aromatic nitrogens is 3. The Morgan fingerprint density at radius 2 is 2.12 bits per heavy atom. The van der Waals surface area contributed by atoms with Crippen LogP contribution < -0.4 is 0 Å². The highest BCUT2D eigenvalue weighted by molar-refractivity contribution is 6.16. The summed E-state index contributed by atoms with van der Waals surface area (Å²) >= 11 is 5.88. The Hall–Kier alpha value is -0.570. The van der Waals surface area contributed by atoms with Crippen molar-refractivity contribution in [1.82, 2.24) is 15.0 Å². The maximum Gasteiger partial charge on any atom is 0.101 e. The van der Waals surface area contributed by atoms with Crippen LogP contribution in [0.3, 0.4) is 0 Å². The van der Waals surface area contributed by atoms with Gasteiger partial charge in [0.05, 0.1) is 11.6 Å². The van der Waals surface area contributed by atoms with Crippen molar-refractivity contribution in [3.05, 3.63) is 11.4 Å². The zero-order chi connectivity index (χ0) is 12.0. The third-order valence-electron chi connectivity index (χ3n) is 2.73. The standard InChI is InChI=1S/C12H22ClN3/c1-4-5-8-16-12(7-6-10(2)3)11(9-13)14-15-16/h10H,4-9H2,1-3H3. The van der Waals surface area contributed by atoms with Gasteiger partial charge in [0.1, 0.15) is 5.69 Å². The largest absolute Gasteiger partial charge is 0.249 e. The van der Waals surface area contributed by atoms with Crippen LogP contribution in [0.5, 0.6) is 0 Å². The van der Waals surface area contributed by atoms with E-state index in [1.165, 1.54) is 18.5 Å². The Kier molecular flexibility index (Phi) is 5.81. The Bertz CT molecular complexity index is 307. The molecule has 16 heavy (non-hydrogen) atoms. The predicted octanol–water partition coefficient (Wildman–Crippen LogP) is 3.41. The number of nitrogens with zero attached hydrogens (tertiary/aromatic N) is 3. The van der Waals surface area contributed by atoms with Crippen molar-refractivity contribution >= 4 is 11.6 Å². The fourth-order valence-corrected chi connectivity index (χ4v) is 1.87. The minimum absolute atomic E-state index is 0.472. The van der Waals surface area contributed by atoms with Crippen molar-refractivity contribution in [1.29, 1.82) is 0 Å². The second kappa shape index (κ2) is 6.89. The first-order chi connectivity index (χ1) is 7.69. The molecule has 0 spiro atoms. The molecule has 4 heteroatoms. The number of rotatable bonds is 7. The molecule has 3 nitrogen and oxygen atoms in total. The third-order valence-corrected chi connectivity index (χ3v) is 2.98. The number of aryl methyl sites for hydroxylation is 1. The molecule has 0 unspecified atom stereocenters. The van der Waals surface area contributed by atoms with Crippen LogP contribution in [-0.4, -0.2) is 15.0 Å². The van der Waals surface area contributed by atoms with E-state index >= 15 is 0 Å². The summed E-state index contributed by atoms with van der Waals surface area (Å²) < 4.78 is 2.03. The van der Waals surface area contributed by atoms with Crippen LogP contribution in [-0.2, 0) is 18.8 Å². The summed E-state index contributed by atoms with van der Waals surface area (Å²) in [5.41, 5.74) is 2.19.